The summed E-state index contributed by atoms with van der Waals surface area (Å²) in [6, 6.07) is 18.3. The van der Waals surface area contributed by atoms with Crippen molar-refractivity contribution in [1.82, 2.24) is 5.32 Å². The van der Waals surface area contributed by atoms with Crippen LogP contribution in [0.1, 0.15) is 43.2 Å². The minimum Gasteiger partial charge on any atom is -0.506 e. The molecule has 7 rings (SSSR count). The number of nitrogens with zero attached hydrogens (tertiary/aromatic N) is 1. The molecule has 2 aromatic carbocycles. The lowest BCUT2D eigenvalue weighted by Gasteiger charge is -2.61. The van der Waals surface area contributed by atoms with Gasteiger partial charge in [-0.05, 0) is 35.6 Å². The van der Waals surface area contributed by atoms with Crippen LogP contribution in [0.5, 0.6) is 0 Å². The summed E-state index contributed by atoms with van der Waals surface area (Å²) < 4.78 is 56.8. The summed E-state index contributed by atoms with van der Waals surface area (Å²) in [7, 11) is 3.77. The summed E-state index contributed by atoms with van der Waals surface area (Å²) in [6.07, 6.45) is 3.37. The quantitative estimate of drug-likeness (QED) is 0.166. The van der Waals surface area contributed by atoms with E-state index < -0.39 is 35.2 Å². The maximum atomic E-state index is 14.4. The van der Waals surface area contributed by atoms with Crippen molar-refractivity contribution < 1.29 is 37.0 Å². The predicted molar refractivity (Wildman–Crippen MR) is 164 cm³/mol. The highest BCUT2D eigenvalue weighted by Crippen LogP contribution is 2.67. The molecule has 1 spiro atoms. The number of aliphatic hydroxyl groups is 1. The van der Waals surface area contributed by atoms with E-state index in [1.54, 1.807) is 12.1 Å². The van der Waals surface area contributed by atoms with E-state index in [1.807, 2.05) is 12.1 Å². The van der Waals surface area contributed by atoms with Crippen molar-refractivity contribution in [2.45, 2.75) is 68.7 Å². The van der Waals surface area contributed by atoms with Gasteiger partial charge in [0, 0.05) is 43.3 Å². The van der Waals surface area contributed by atoms with Crippen LogP contribution in [0.2, 0.25) is 0 Å². The molecule has 2 aliphatic heterocycles. The number of likely N-dealkylation sites (tertiary alicyclic amines) is 1. The maximum Gasteiger partial charge on any atom is 0.425 e. The Morgan fingerprint density at radius 3 is 2.51 bits per heavy atom. The minimum absolute atomic E-state index is 0.0985. The molecule has 1 amide bonds. The number of likely N-dealkylation sites (N-methyl/N-ethyl adjacent to an activating group) is 1. The molecule has 2 saturated heterocycles. The van der Waals surface area contributed by atoms with Crippen LogP contribution in [0.3, 0.4) is 0 Å². The van der Waals surface area contributed by atoms with Gasteiger partial charge in [-0.2, -0.15) is 13.2 Å². The monoisotopic (exact) mass is 621 g/mol. The largest absolute Gasteiger partial charge is 0.506 e. The summed E-state index contributed by atoms with van der Waals surface area (Å²) in [4.78, 5) is 13.5. The minimum atomic E-state index is -5.11. The molecule has 7 atom stereocenters. The zero-order valence-electron chi connectivity index (χ0n) is 25.6. The number of nitrogens with one attached hydrogen (secondary N) is 1. The van der Waals surface area contributed by atoms with E-state index in [9.17, 15) is 23.1 Å². The first-order valence-electron chi connectivity index (χ1n) is 15.9. The Morgan fingerprint density at radius 2 is 1.82 bits per heavy atom. The fourth-order valence-corrected chi connectivity index (χ4v) is 9.31. The van der Waals surface area contributed by atoms with Crippen LogP contribution in [-0.2, 0) is 20.7 Å². The van der Waals surface area contributed by atoms with Crippen LogP contribution >= 0.6 is 0 Å². The molecule has 2 bridgehead atoms. The first kappa shape index (κ1) is 30.3. The third-order valence-electron chi connectivity index (χ3n) is 11.5. The van der Waals surface area contributed by atoms with Gasteiger partial charge in [-0.3, -0.25) is 4.79 Å². The molecule has 2 aromatic rings. The molecule has 2 heterocycles. The Balaban J connectivity index is 1.23. The van der Waals surface area contributed by atoms with Crippen LogP contribution in [0.15, 0.2) is 89.5 Å². The SMILES string of the molecule is COC1(NC(=O)C(=C(O)c2ccccc2)C(F)(F)F)C=CC2=C3C1O[C@H]1CCC[C@H]4[C@@H](C2)[N+](C)(CCc2ccccc2)CC[C@]314. The molecular weight excluding hydrogens is 581 g/mol. The van der Waals surface area contributed by atoms with Gasteiger partial charge in [-0.15, -0.1) is 0 Å². The van der Waals surface area contributed by atoms with Gasteiger partial charge in [0.1, 0.15) is 11.9 Å². The van der Waals surface area contributed by atoms with E-state index >= 15 is 0 Å². The molecule has 9 heteroatoms. The Bertz CT molecular complexity index is 1570. The number of carbonyl (C=O) groups excluding carboxylic acids is 1. The molecule has 3 fully saturated rings. The van der Waals surface area contributed by atoms with Gasteiger partial charge in [-0.1, -0.05) is 73.2 Å². The highest BCUT2D eigenvalue weighted by Gasteiger charge is 2.71. The number of allylic oxidation sites excluding steroid dienone is 1. The number of carbonyl (C=O) groups is 1. The first-order valence-corrected chi connectivity index (χ1v) is 15.9. The molecule has 3 unspecified atom stereocenters. The highest BCUT2D eigenvalue weighted by molar-refractivity contribution is 6.01. The van der Waals surface area contributed by atoms with Gasteiger partial charge in [0.05, 0.1) is 32.3 Å². The van der Waals surface area contributed by atoms with Gasteiger partial charge in [-0.25, -0.2) is 0 Å². The van der Waals surface area contributed by atoms with E-state index in [2.05, 4.69) is 36.6 Å². The smallest absolute Gasteiger partial charge is 0.425 e. The zero-order valence-corrected chi connectivity index (χ0v) is 25.6. The van der Waals surface area contributed by atoms with E-state index in [0.29, 0.717) is 12.0 Å². The Hall–Kier alpha value is -3.40. The van der Waals surface area contributed by atoms with Crippen LogP contribution in [0.25, 0.3) is 5.76 Å². The lowest BCUT2D eigenvalue weighted by Crippen LogP contribution is -2.69. The number of piperidine rings is 1. The average molecular weight is 622 g/mol. The van der Waals surface area contributed by atoms with Gasteiger partial charge >= 0.3 is 6.18 Å². The number of ether oxygens (including phenoxy) is 2. The number of alkyl halides is 3. The second-order valence-corrected chi connectivity index (χ2v) is 13.6. The van der Waals surface area contributed by atoms with Gasteiger partial charge in [0.2, 0.25) is 0 Å². The topological polar surface area (TPSA) is 67.8 Å². The van der Waals surface area contributed by atoms with Crippen molar-refractivity contribution in [2.75, 3.05) is 27.2 Å². The highest BCUT2D eigenvalue weighted by atomic mass is 19.4. The van der Waals surface area contributed by atoms with Crippen molar-refractivity contribution in [3.8, 4) is 0 Å². The van der Waals surface area contributed by atoms with E-state index in [-0.39, 0.29) is 17.1 Å². The second kappa shape index (κ2) is 10.9. The summed E-state index contributed by atoms with van der Waals surface area (Å²) in [6.45, 7) is 2.03. The number of hydrogen-bond donors (Lipinski definition) is 2. The lowest BCUT2D eigenvalue weighted by molar-refractivity contribution is -0.945. The third-order valence-corrected chi connectivity index (χ3v) is 11.5. The Kier molecular flexibility index (Phi) is 7.30. The third kappa shape index (κ3) is 4.69. The standard InChI is InChI=1S/C36H39F3N2O4/c1-41(20-17-23-10-5-3-6-11-23)21-19-34-26-14-9-15-28(34)45-32-29(34)25(22-27(26)41)16-18-35(32,44-2)40-33(43)30(36(37,38)39)31(42)24-12-7-4-8-13-24/h3-8,10-13,16,18,26-28,32H,9,14-15,17,19-22H2,1-2H3,(H-,40,42,43)/p+1/t26-,27+,28-,32?,34+,35?,41?/m0/s1. The number of rotatable bonds is 7. The fourth-order valence-electron chi connectivity index (χ4n) is 9.31. The van der Waals surface area contributed by atoms with Crippen LogP contribution in [-0.4, -0.2) is 72.9 Å². The number of benzene rings is 2. The van der Waals surface area contributed by atoms with Gasteiger partial charge < -0.3 is 24.4 Å². The molecule has 6 nitrogen and oxygen atoms in total. The lowest BCUT2D eigenvalue weighted by atomic mass is 9.50. The molecule has 0 radical (unpaired) electrons. The molecular formula is C36H40F3N2O4+. The Labute approximate surface area is 261 Å². The number of methoxy groups -OCH3 is 1. The van der Waals surface area contributed by atoms with E-state index in [0.717, 1.165) is 67.2 Å². The van der Waals surface area contributed by atoms with Crippen LogP contribution in [0, 0.1) is 11.3 Å². The van der Waals surface area contributed by atoms with Crippen molar-refractivity contribution >= 4 is 11.7 Å². The summed E-state index contributed by atoms with van der Waals surface area (Å²) in [5.41, 5.74) is -0.0722. The number of aliphatic hydroxyl groups excluding tert-OH is 1. The molecule has 238 valence electrons. The zero-order chi connectivity index (χ0) is 31.6. The van der Waals surface area contributed by atoms with Gasteiger partial charge in [0.15, 0.2) is 11.3 Å². The maximum absolute atomic E-state index is 14.4. The number of quaternary nitrogens is 1. The predicted octanol–water partition coefficient (Wildman–Crippen LogP) is 6.26. The Morgan fingerprint density at radius 1 is 1.11 bits per heavy atom. The van der Waals surface area contributed by atoms with E-state index in [1.165, 1.54) is 36.9 Å². The summed E-state index contributed by atoms with van der Waals surface area (Å²) in [5, 5.41) is 13.2. The number of halogens is 3. The second-order valence-electron chi connectivity index (χ2n) is 13.6. The molecule has 3 aliphatic carbocycles. The molecule has 0 aromatic heterocycles. The van der Waals surface area contributed by atoms with Crippen molar-refractivity contribution in [2.24, 2.45) is 11.3 Å². The van der Waals surface area contributed by atoms with Crippen molar-refractivity contribution in [1.29, 1.82) is 0 Å². The number of hydrogen-bond acceptors (Lipinski definition) is 4. The van der Waals surface area contributed by atoms with Crippen molar-refractivity contribution in [3.63, 3.8) is 0 Å². The summed E-state index contributed by atoms with van der Waals surface area (Å²) >= 11 is 0. The molecule has 2 N–H and O–H groups in total. The van der Waals surface area contributed by atoms with Crippen LogP contribution in [0.4, 0.5) is 13.2 Å². The molecule has 5 aliphatic rings. The van der Waals surface area contributed by atoms with Gasteiger partial charge in [0.25, 0.3) is 5.91 Å². The average Bonchev–Trinajstić information content (AvgIpc) is 3.38. The van der Waals surface area contributed by atoms with Crippen molar-refractivity contribution in [3.05, 3.63) is 101 Å². The fraction of sp³-hybridized carbons (Fsp3) is 0.472. The van der Waals surface area contributed by atoms with E-state index in [4.69, 9.17) is 9.47 Å². The first-order chi connectivity index (χ1) is 21.5. The van der Waals surface area contributed by atoms with Crippen LogP contribution < -0.4 is 5.32 Å². The number of amides is 1. The molecule has 1 saturated carbocycles. The summed E-state index contributed by atoms with van der Waals surface area (Å²) in [5.74, 6) is -2.22. The molecule has 45 heavy (non-hydrogen) atoms. The normalized spacial score (nSPS) is 35.5.